The Morgan fingerprint density at radius 2 is 2.21 bits per heavy atom. The predicted molar refractivity (Wildman–Crippen MR) is 92.9 cm³/mol. The second-order valence-corrected chi connectivity index (χ2v) is 6.85. The van der Waals surface area contributed by atoms with E-state index in [1.807, 2.05) is 18.2 Å². The molecule has 24 heavy (non-hydrogen) atoms. The minimum Gasteiger partial charge on any atom is -0.381 e. The summed E-state index contributed by atoms with van der Waals surface area (Å²) >= 11 is 0. The van der Waals surface area contributed by atoms with Crippen LogP contribution in [0.2, 0.25) is 0 Å². The Labute approximate surface area is 141 Å². The minimum atomic E-state index is -0.142. The molecule has 1 unspecified atom stereocenters. The topological polar surface area (TPSA) is 68.2 Å². The van der Waals surface area contributed by atoms with Gasteiger partial charge in [-0.25, -0.2) is 4.98 Å². The molecule has 1 aromatic heterocycles. The Morgan fingerprint density at radius 1 is 1.42 bits per heavy atom. The standard InChI is InChI=1S/C18H24N4O2/c1-2-9-22-14-6-4-3-5-13(14)20-17(22)21-16(23)15-18(12-19-15)7-10-24-11-8-18/h3-6,15,19H,2,7-12H2,1H3,(H,20,21,23). The zero-order valence-electron chi connectivity index (χ0n) is 14.0. The highest BCUT2D eigenvalue weighted by molar-refractivity contribution is 5.96. The maximum Gasteiger partial charge on any atom is 0.244 e. The number of hydrogen-bond donors (Lipinski definition) is 2. The van der Waals surface area contributed by atoms with Crippen molar-refractivity contribution in [1.82, 2.24) is 14.9 Å². The van der Waals surface area contributed by atoms with Crippen molar-refractivity contribution >= 4 is 22.9 Å². The largest absolute Gasteiger partial charge is 0.381 e. The molecule has 2 aromatic rings. The number of aryl methyl sites for hydroxylation is 1. The summed E-state index contributed by atoms with van der Waals surface area (Å²) in [6.07, 6.45) is 2.89. The van der Waals surface area contributed by atoms with Gasteiger partial charge in [-0.05, 0) is 31.4 Å². The zero-order valence-corrected chi connectivity index (χ0v) is 14.0. The molecule has 6 nitrogen and oxygen atoms in total. The van der Waals surface area contributed by atoms with E-state index in [4.69, 9.17) is 4.74 Å². The molecule has 4 rings (SSSR count). The summed E-state index contributed by atoms with van der Waals surface area (Å²) in [5, 5.41) is 6.37. The van der Waals surface area contributed by atoms with E-state index >= 15 is 0 Å². The van der Waals surface area contributed by atoms with Crippen molar-refractivity contribution in [3.05, 3.63) is 24.3 Å². The number of nitrogens with zero attached hydrogens (tertiary/aromatic N) is 2. The number of aromatic nitrogens is 2. The van der Waals surface area contributed by atoms with Gasteiger partial charge in [0.15, 0.2) is 0 Å². The van der Waals surface area contributed by atoms with Crippen LogP contribution >= 0.6 is 0 Å². The third-order valence-electron chi connectivity index (χ3n) is 5.36. The van der Waals surface area contributed by atoms with Crippen molar-refractivity contribution in [3.8, 4) is 0 Å². The number of para-hydroxylation sites is 2. The summed E-state index contributed by atoms with van der Waals surface area (Å²) in [6, 6.07) is 7.87. The molecular weight excluding hydrogens is 304 g/mol. The number of amides is 1. The Bertz CT molecular complexity index is 749. The number of ether oxygens (including phenoxy) is 1. The van der Waals surface area contributed by atoms with E-state index < -0.39 is 0 Å². The van der Waals surface area contributed by atoms with Crippen LogP contribution in [0.1, 0.15) is 26.2 Å². The van der Waals surface area contributed by atoms with Crippen molar-refractivity contribution in [1.29, 1.82) is 0 Å². The molecule has 2 saturated heterocycles. The lowest BCUT2D eigenvalue weighted by atomic mass is 9.67. The molecule has 1 aromatic carbocycles. The first-order valence-corrected chi connectivity index (χ1v) is 8.81. The Balaban J connectivity index is 1.57. The Morgan fingerprint density at radius 3 is 2.92 bits per heavy atom. The number of carbonyl (C=O) groups is 1. The number of fused-ring (bicyclic) bond motifs is 1. The smallest absolute Gasteiger partial charge is 0.244 e. The fraction of sp³-hybridized carbons (Fsp3) is 0.556. The van der Waals surface area contributed by atoms with Gasteiger partial charge in [-0.2, -0.15) is 0 Å². The van der Waals surface area contributed by atoms with Crippen molar-refractivity contribution in [2.24, 2.45) is 5.41 Å². The highest BCUT2D eigenvalue weighted by atomic mass is 16.5. The number of benzene rings is 1. The molecule has 2 fully saturated rings. The quantitative estimate of drug-likeness (QED) is 0.902. The van der Waals surface area contributed by atoms with E-state index in [0.717, 1.165) is 56.6 Å². The monoisotopic (exact) mass is 328 g/mol. The van der Waals surface area contributed by atoms with Crippen molar-refractivity contribution < 1.29 is 9.53 Å². The molecule has 2 aliphatic heterocycles. The summed E-state index contributed by atoms with van der Waals surface area (Å²) < 4.78 is 7.56. The predicted octanol–water partition coefficient (Wildman–Crippen LogP) is 2.15. The fourth-order valence-electron chi connectivity index (χ4n) is 3.91. The number of nitrogens with one attached hydrogen (secondary N) is 2. The van der Waals surface area contributed by atoms with Crippen LogP contribution in [0.25, 0.3) is 11.0 Å². The number of rotatable bonds is 4. The molecule has 1 atom stereocenters. The third-order valence-corrected chi connectivity index (χ3v) is 5.36. The van der Waals surface area contributed by atoms with Gasteiger partial charge in [-0.1, -0.05) is 19.1 Å². The average molecular weight is 328 g/mol. The van der Waals surface area contributed by atoms with Gasteiger partial charge < -0.3 is 14.6 Å². The summed E-state index contributed by atoms with van der Waals surface area (Å²) in [5.41, 5.74) is 2.05. The lowest BCUT2D eigenvalue weighted by molar-refractivity contribution is -0.130. The number of carbonyl (C=O) groups excluding carboxylic acids is 1. The van der Waals surface area contributed by atoms with Crippen LogP contribution in [-0.2, 0) is 16.1 Å². The van der Waals surface area contributed by atoms with Crippen LogP contribution in [0.4, 0.5) is 5.95 Å². The molecule has 6 heteroatoms. The molecule has 0 saturated carbocycles. The molecule has 0 bridgehead atoms. The summed E-state index contributed by atoms with van der Waals surface area (Å²) in [6.45, 7) is 5.37. The first-order chi connectivity index (χ1) is 11.7. The van der Waals surface area contributed by atoms with Crippen LogP contribution in [-0.4, -0.2) is 41.3 Å². The van der Waals surface area contributed by atoms with E-state index in [9.17, 15) is 4.79 Å². The summed E-state index contributed by atoms with van der Waals surface area (Å²) in [5.74, 6) is 0.676. The lowest BCUT2D eigenvalue weighted by Crippen LogP contribution is -2.68. The lowest BCUT2D eigenvalue weighted by Gasteiger charge is -2.51. The van der Waals surface area contributed by atoms with E-state index in [2.05, 4.69) is 33.2 Å². The maximum absolute atomic E-state index is 12.8. The number of hydrogen-bond acceptors (Lipinski definition) is 4. The van der Waals surface area contributed by atoms with Crippen molar-refractivity contribution in [3.63, 3.8) is 0 Å². The van der Waals surface area contributed by atoms with Gasteiger partial charge in [0.1, 0.15) is 0 Å². The minimum absolute atomic E-state index is 0.0239. The van der Waals surface area contributed by atoms with E-state index in [1.165, 1.54) is 0 Å². The average Bonchev–Trinajstić information content (AvgIpc) is 2.92. The molecular formula is C18H24N4O2. The zero-order chi connectivity index (χ0) is 16.6. The normalized spacial score (nSPS) is 22.5. The van der Waals surface area contributed by atoms with E-state index in [0.29, 0.717) is 5.95 Å². The van der Waals surface area contributed by atoms with Crippen LogP contribution in [0.3, 0.4) is 0 Å². The summed E-state index contributed by atoms with van der Waals surface area (Å²) in [7, 11) is 0. The van der Waals surface area contributed by atoms with Gasteiger partial charge in [-0.15, -0.1) is 0 Å². The SMILES string of the molecule is CCCn1c(NC(=O)C2NCC23CCOCC3)nc2ccccc21. The highest BCUT2D eigenvalue weighted by Gasteiger charge is 2.51. The molecule has 2 N–H and O–H groups in total. The van der Waals surface area contributed by atoms with Crippen LogP contribution in [0, 0.1) is 5.41 Å². The van der Waals surface area contributed by atoms with E-state index in [-0.39, 0.29) is 17.4 Å². The van der Waals surface area contributed by atoms with Crippen LogP contribution in [0.15, 0.2) is 24.3 Å². The van der Waals surface area contributed by atoms with Crippen LogP contribution in [0.5, 0.6) is 0 Å². The first-order valence-electron chi connectivity index (χ1n) is 8.81. The van der Waals surface area contributed by atoms with Gasteiger partial charge in [-0.3, -0.25) is 10.1 Å². The van der Waals surface area contributed by atoms with Gasteiger partial charge >= 0.3 is 0 Å². The van der Waals surface area contributed by atoms with Gasteiger partial charge in [0.05, 0.1) is 17.1 Å². The van der Waals surface area contributed by atoms with Crippen LogP contribution < -0.4 is 10.6 Å². The number of imidazole rings is 1. The van der Waals surface area contributed by atoms with Gasteiger partial charge in [0, 0.05) is 31.7 Å². The third kappa shape index (κ3) is 2.50. The summed E-state index contributed by atoms with van der Waals surface area (Å²) in [4.78, 5) is 17.5. The molecule has 0 radical (unpaired) electrons. The highest BCUT2D eigenvalue weighted by Crippen LogP contribution is 2.40. The Kier molecular flexibility index (Phi) is 4.02. The molecule has 2 aliphatic rings. The molecule has 3 heterocycles. The second-order valence-electron chi connectivity index (χ2n) is 6.85. The molecule has 1 spiro atoms. The van der Waals surface area contributed by atoms with Gasteiger partial charge in [0.2, 0.25) is 11.9 Å². The number of anilines is 1. The van der Waals surface area contributed by atoms with Gasteiger partial charge in [0.25, 0.3) is 0 Å². The Hall–Kier alpha value is -1.92. The first kappa shape index (κ1) is 15.6. The maximum atomic E-state index is 12.8. The van der Waals surface area contributed by atoms with Crippen molar-refractivity contribution in [2.75, 3.05) is 25.1 Å². The molecule has 0 aliphatic carbocycles. The molecule has 128 valence electrons. The van der Waals surface area contributed by atoms with Crippen molar-refractivity contribution in [2.45, 2.75) is 38.8 Å². The fourth-order valence-corrected chi connectivity index (χ4v) is 3.91. The molecule has 1 amide bonds. The van der Waals surface area contributed by atoms with E-state index in [1.54, 1.807) is 0 Å². The second kappa shape index (κ2) is 6.18.